The average Bonchev–Trinajstić information content (AvgIpc) is 3.39. The van der Waals surface area contributed by atoms with E-state index in [1.807, 2.05) is 19.1 Å². The first-order chi connectivity index (χ1) is 19.3. The van der Waals surface area contributed by atoms with Crippen LogP contribution in [0.4, 0.5) is 4.39 Å². The molecule has 4 rings (SSSR count). The van der Waals surface area contributed by atoms with Gasteiger partial charge in [-0.3, -0.25) is 19.8 Å². The third-order valence-corrected chi connectivity index (χ3v) is 8.10. The number of carbonyl (C=O) groups excluding carboxylic acids is 3. The summed E-state index contributed by atoms with van der Waals surface area (Å²) in [4.78, 5) is 40.8. The predicted octanol–water partition coefficient (Wildman–Crippen LogP) is 4.35. The molecule has 2 unspecified atom stereocenters. The number of likely N-dealkylation sites (tertiary alicyclic amines) is 1. The molecule has 0 radical (unpaired) electrons. The van der Waals surface area contributed by atoms with Crippen molar-refractivity contribution in [2.75, 3.05) is 0 Å². The lowest BCUT2D eigenvalue weighted by Crippen LogP contribution is -2.56. The maximum absolute atomic E-state index is 15.4. The highest BCUT2D eigenvalue weighted by Gasteiger charge is 2.46. The summed E-state index contributed by atoms with van der Waals surface area (Å²) in [5.41, 5.74) is 5.16. The minimum Gasteiger partial charge on any atom is -0.480 e. The zero-order valence-corrected chi connectivity index (χ0v) is 24.5. The molecule has 2 aliphatic heterocycles. The van der Waals surface area contributed by atoms with Gasteiger partial charge in [-0.25, -0.2) is 9.82 Å². The molecule has 218 valence electrons. The molecule has 2 fully saturated rings. The van der Waals surface area contributed by atoms with E-state index in [-0.39, 0.29) is 40.8 Å². The number of nitrogens with one attached hydrogen (secondary N) is 3. The summed E-state index contributed by atoms with van der Waals surface area (Å²) in [6.07, 6.45) is 0.824. The number of hydrazine groups is 1. The van der Waals surface area contributed by atoms with Crippen molar-refractivity contribution < 1.29 is 23.5 Å². The Morgan fingerprint density at radius 1 is 1.27 bits per heavy atom. The summed E-state index contributed by atoms with van der Waals surface area (Å²) in [7, 11) is 0. The first kappa shape index (κ1) is 30.3. The van der Waals surface area contributed by atoms with E-state index in [0.717, 1.165) is 5.56 Å². The molecule has 0 spiro atoms. The van der Waals surface area contributed by atoms with Crippen LogP contribution in [0.1, 0.15) is 74.5 Å². The van der Waals surface area contributed by atoms with Gasteiger partial charge in [-0.05, 0) is 77.3 Å². The lowest BCUT2D eigenvalue weighted by atomic mass is 9.84. The van der Waals surface area contributed by atoms with Crippen LogP contribution in [0, 0.1) is 29.5 Å². The number of carbonyl (C=O) groups is 3. The van der Waals surface area contributed by atoms with E-state index in [2.05, 4.69) is 22.2 Å². The van der Waals surface area contributed by atoms with E-state index in [4.69, 9.17) is 16.3 Å². The van der Waals surface area contributed by atoms with E-state index < -0.39 is 35.3 Å². The number of nitrogens with zero attached hydrogens (tertiary/aromatic N) is 2. The normalized spacial score (nSPS) is 23.4. The third kappa shape index (κ3) is 6.31. The van der Waals surface area contributed by atoms with Crippen LogP contribution < -0.4 is 20.9 Å². The van der Waals surface area contributed by atoms with Crippen LogP contribution in [0.3, 0.4) is 0 Å². The summed E-state index contributed by atoms with van der Waals surface area (Å²) in [6.45, 7) is 8.47. The zero-order chi connectivity index (χ0) is 30.1. The maximum Gasteiger partial charge on any atom is 0.275 e. The largest absolute Gasteiger partial charge is 0.480 e. The fraction of sp³-hybridized carbons (Fsp3) is 0.467. The molecule has 0 saturated carbocycles. The summed E-state index contributed by atoms with van der Waals surface area (Å²) < 4.78 is 21.1. The quantitative estimate of drug-likeness (QED) is 0.445. The Morgan fingerprint density at radius 2 is 2.00 bits per heavy atom. The van der Waals surface area contributed by atoms with Crippen LogP contribution in [-0.4, -0.2) is 46.9 Å². The Balaban J connectivity index is 1.53. The fourth-order valence-electron chi connectivity index (χ4n) is 5.49. The SMILES string of the molecule is Cc1c(OC2CC(C)NNC2=O)ccc(C(=O)N[C@H](C)C(=O)N2[C@H](c3cccc(Cl)c3)CC[C@@H]2C(C)(C)C#N)c1F. The van der Waals surface area contributed by atoms with Crippen molar-refractivity contribution in [3.8, 4) is 11.8 Å². The second-order valence-corrected chi connectivity index (χ2v) is 11.8. The van der Waals surface area contributed by atoms with Crippen molar-refractivity contribution in [1.29, 1.82) is 5.26 Å². The van der Waals surface area contributed by atoms with Crippen molar-refractivity contribution in [1.82, 2.24) is 21.1 Å². The molecule has 2 heterocycles. The minimum atomic E-state index is -1.00. The Labute approximate surface area is 244 Å². The average molecular weight is 584 g/mol. The highest BCUT2D eigenvalue weighted by atomic mass is 35.5. The Bertz CT molecular complexity index is 1390. The van der Waals surface area contributed by atoms with Crippen LogP contribution in [0.25, 0.3) is 0 Å². The zero-order valence-electron chi connectivity index (χ0n) is 23.8. The predicted molar refractivity (Wildman–Crippen MR) is 151 cm³/mol. The van der Waals surface area contributed by atoms with Gasteiger partial charge in [0, 0.05) is 23.0 Å². The first-order valence-corrected chi connectivity index (χ1v) is 14.0. The number of rotatable bonds is 7. The third-order valence-electron chi connectivity index (χ3n) is 7.86. The molecular weight excluding hydrogens is 549 g/mol. The Hall–Kier alpha value is -3.68. The van der Waals surface area contributed by atoms with Crippen molar-refractivity contribution in [3.63, 3.8) is 0 Å². The summed E-state index contributed by atoms with van der Waals surface area (Å²) >= 11 is 6.23. The molecule has 2 saturated heterocycles. The highest BCUT2D eigenvalue weighted by Crippen LogP contribution is 2.43. The van der Waals surface area contributed by atoms with Gasteiger partial charge in [0.05, 0.1) is 29.1 Å². The second-order valence-electron chi connectivity index (χ2n) is 11.4. The number of hydrogen-bond donors (Lipinski definition) is 3. The van der Waals surface area contributed by atoms with Crippen LogP contribution in [0.2, 0.25) is 5.02 Å². The van der Waals surface area contributed by atoms with Gasteiger partial charge in [0.25, 0.3) is 11.8 Å². The van der Waals surface area contributed by atoms with Crippen molar-refractivity contribution >= 4 is 29.3 Å². The maximum atomic E-state index is 15.4. The van der Waals surface area contributed by atoms with Gasteiger partial charge in [-0.2, -0.15) is 5.26 Å². The van der Waals surface area contributed by atoms with Crippen LogP contribution in [0.15, 0.2) is 36.4 Å². The topological polar surface area (TPSA) is 124 Å². The van der Waals surface area contributed by atoms with Gasteiger partial charge in [-0.15, -0.1) is 0 Å². The lowest BCUT2D eigenvalue weighted by Gasteiger charge is -2.38. The number of benzene rings is 2. The van der Waals surface area contributed by atoms with Gasteiger partial charge in [0.2, 0.25) is 5.91 Å². The molecule has 2 aromatic rings. The molecule has 41 heavy (non-hydrogen) atoms. The fourth-order valence-corrected chi connectivity index (χ4v) is 5.69. The molecule has 5 atom stereocenters. The summed E-state index contributed by atoms with van der Waals surface area (Å²) in [5, 5.41) is 13.0. The monoisotopic (exact) mass is 583 g/mol. The number of ether oxygens (including phenoxy) is 1. The first-order valence-electron chi connectivity index (χ1n) is 13.6. The van der Waals surface area contributed by atoms with Crippen molar-refractivity contribution in [2.24, 2.45) is 5.41 Å². The number of nitriles is 1. The summed E-state index contributed by atoms with van der Waals surface area (Å²) in [6, 6.07) is 10.5. The van der Waals surface area contributed by atoms with Crippen LogP contribution in [0.5, 0.6) is 5.75 Å². The van der Waals surface area contributed by atoms with Crippen LogP contribution in [-0.2, 0) is 9.59 Å². The van der Waals surface area contributed by atoms with Crippen molar-refractivity contribution in [2.45, 2.75) is 84.2 Å². The highest BCUT2D eigenvalue weighted by molar-refractivity contribution is 6.30. The molecule has 2 aromatic carbocycles. The Morgan fingerprint density at radius 3 is 2.68 bits per heavy atom. The number of halogens is 2. The van der Waals surface area contributed by atoms with E-state index in [0.29, 0.717) is 24.3 Å². The lowest BCUT2D eigenvalue weighted by molar-refractivity contribution is -0.137. The Kier molecular flexibility index (Phi) is 8.90. The minimum absolute atomic E-state index is 0.0284. The molecule has 3 amide bonds. The standard InChI is InChI=1S/C30H35ClFN5O4/c1-16-13-24(28(39)36-35-16)41-23-11-9-21(26(32)17(23)2)27(38)34-18(3)29(40)37-22(19-7-6-8-20(31)14-19)10-12-25(37)30(4,5)15-33/h6-9,11,14,16,18,22,24-25,35H,10,12-13H2,1-5H3,(H,34,38)(H,36,39)/t16?,18-,22+,24?,25-/m1/s1. The van der Waals surface area contributed by atoms with Gasteiger partial charge in [0.1, 0.15) is 17.6 Å². The molecule has 0 bridgehead atoms. The van der Waals surface area contributed by atoms with Gasteiger partial charge in [-0.1, -0.05) is 23.7 Å². The van der Waals surface area contributed by atoms with Gasteiger partial charge >= 0.3 is 0 Å². The van der Waals surface area contributed by atoms with E-state index in [9.17, 15) is 19.6 Å². The second kappa shape index (κ2) is 12.0. The summed E-state index contributed by atoms with van der Waals surface area (Å²) in [5.74, 6) is -2.16. The van der Waals surface area contributed by atoms with Crippen molar-refractivity contribution in [3.05, 3.63) is 63.9 Å². The van der Waals surface area contributed by atoms with Gasteiger partial charge < -0.3 is 15.0 Å². The molecule has 3 N–H and O–H groups in total. The van der Waals surface area contributed by atoms with Crippen LogP contribution >= 0.6 is 11.6 Å². The smallest absolute Gasteiger partial charge is 0.275 e. The van der Waals surface area contributed by atoms with E-state index in [1.165, 1.54) is 19.1 Å². The molecular formula is C30H35ClFN5O4. The number of hydrogen-bond acceptors (Lipinski definition) is 6. The molecule has 11 heteroatoms. The molecule has 0 aliphatic carbocycles. The van der Waals surface area contributed by atoms with E-state index >= 15 is 4.39 Å². The van der Waals surface area contributed by atoms with E-state index in [1.54, 1.807) is 37.8 Å². The molecule has 0 aromatic heterocycles. The molecule has 9 nitrogen and oxygen atoms in total. The van der Waals surface area contributed by atoms with Gasteiger partial charge in [0.15, 0.2) is 6.10 Å². The number of amides is 3. The molecule has 2 aliphatic rings.